The normalized spacial score (nSPS) is 36.0. The third kappa shape index (κ3) is 5.17. The number of hydrogen-bond acceptors (Lipinski definition) is 7. The Morgan fingerprint density at radius 2 is 2.15 bits per heavy atom. The minimum Gasteiger partial charge on any atom is -0.460 e. The average Bonchev–Trinajstić information content (AvgIpc) is 3.60. The maximum Gasteiger partial charge on any atom is 0.306 e. The van der Waals surface area contributed by atoms with Crippen molar-refractivity contribution in [3.63, 3.8) is 0 Å². The average molecular weight is 462 g/mol. The molecule has 1 aromatic heterocycles. The molecular weight excluding hydrogens is 422 g/mol. The first-order valence-electron chi connectivity index (χ1n) is 12.2. The van der Waals surface area contributed by atoms with E-state index in [0.717, 1.165) is 31.7 Å². The van der Waals surface area contributed by atoms with Gasteiger partial charge >= 0.3 is 5.97 Å². The van der Waals surface area contributed by atoms with E-state index in [2.05, 4.69) is 55.9 Å². The molecule has 1 aliphatic carbocycles. The second-order valence-electron chi connectivity index (χ2n) is 10.8. The molecule has 3 aliphatic rings. The molecule has 0 aromatic carbocycles. The van der Waals surface area contributed by atoms with E-state index in [0.29, 0.717) is 18.8 Å². The lowest BCUT2D eigenvalue weighted by Gasteiger charge is -2.42. The van der Waals surface area contributed by atoms with Crippen LogP contribution in [0.25, 0.3) is 0 Å². The van der Waals surface area contributed by atoms with Gasteiger partial charge in [0.15, 0.2) is 0 Å². The molecule has 2 aliphatic heterocycles. The number of carbonyl (C=O) groups excluding carboxylic acids is 1. The largest absolute Gasteiger partial charge is 0.460 e. The Morgan fingerprint density at radius 3 is 2.73 bits per heavy atom. The van der Waals surface area contributed by atoms with Gasteiger partial charge in [-0.1, -0.05) is 25.5 Å². The van der Waals surface area contributed by atoms with Crippen molar-refractivity contribution in [3.05, 3.63) is 23.8 Å². The number of aromatic amines is 1. The highest BCUT2D eigenvalue weighted by molar-refractivity contribution is 5.70. The Hall–Kier alpha value is -1.77. The molecule has 3 fully saturated rings. The standard InChI is InChI=1S/C25H39N3O5/c1-15(2)7-8-19-24(5,33-19)23-22(30-6)18(9-10-25(23)13-31-25)32-21(29)12-17(16(3)4)11-20-26-14-27-28-20/h7,14,16-19,22-23H,8-13H2,1-6H3,(H,26,27,28)/t17-,18+,19+,22+,23+,24-,25-/m0/s1. The van der Waals surface area contributed by atoms with Crippen molar-refractivity contribution in [2.75, 3.05) is 13.7 Å². The number of allylic oxidation sites excluding steroid dienone is 1. The minimum atomic E-state index is -0.332. The van der Waals surface area contributed by atoms with Crippen molar-refractivity contribution in [1.82, 2.24) is 15.2 Å². The minimum absolute atomic E-state index is 0.0344. The molecule has 1 N–H and O–H groups in total. The first kappa shape index (κ1) is 24.4. The second kappa shape index (κ2) is 9.47. The van der Waals surface area contributed by atoms with E-state index in [4.69, 9.17) is 18.9 Å². The molecule has 1 spiro atoms. The molecule has 0 unspecified atom stereocenters. The van der Waals surface area contributed by atoms with E-state index in [1.54, 1.807) is 7.11 Å². The van der Waals surface area contributed by atoms with E-state index in [1.165, 1.54) is 11.9 Å². The van der Waals surface area contributed by atoms with Crippen LogP contribution in [-0.2, 0) is 30.2 Å². The number of rotatable bonds is 10. The molecule has 3 heterocycles. The summed E-state index contributed by atoms with van der Waals surface area (Å²) in [7, 11) is 1.71. The van der Waals surface area contributed by atoms with Crippen LogP contribution in [0.1, 0.15) is 66.1 Å². The fourth-order valence-electron chi connectivity index (χ4n) is 5.62. The number of H-pyrrole nitrogens is 1. The molecule has 0 bridgehead atoms. The van der Waals surface area contributed by atoms with E-state index in [9.17, 15) is 4.79 Å². The first-order valence-corrected chi connectivity index (χ1v) is 12.2. The van der Waals surface area contributed by atoms with E-state index >= 15 is 0 Å². The second-order valence-corrected chi connectivity index (χ2v) is 10.8. The molecule has 2 saturated heterocycles. The Bertz CT molecular complexity index is 846. The lowest BCUT2D eigenvalue weighted by molar-refractivity contribution is -0.173. The van der Waals surface area contributed by atoms with Crippen molar-refractivity contribution in [2.24, 2.45) is 17.8 Å². The molecular formula is C25H39N3O5. The highest BCUT2D eigenvalue weighted by Crippen LogP contribution is 2.59. The Kier molecular flexibility index (Phi) is 6.99. The van der Waals surface area contributed by atoms with Gasteiger partial charge in [0.25, 0.3) is 0 Å². The lowest BCUT2D eigenvalue weighted by atomic mass is 9.68. The van der Waals surface area contributed by atoms with Gasteiger partial charge in [-0.15, -0.1) is 0 Å². The van der Waals surface area contributed by atoms with Crippen LogP contribution in [0, 0.1) is 17.8 Å². The lowest BCUT2D eigenvalue weighted by Crippen LogP contribution is -2.55. The molecule has 0 amide bonds. The van der Waals surface area contributed by atoms with Gasteiger partial charge in [-0.3, -0.25) is 9.89 Å². The van der Waals surface area contributed by atoms with Crippen molar-refractivity contribution in [2.45, 2.75) is 96.2 Å². The van der Waals surface area contributed by atoms with Crippen LogP contribution in [0.2, 0.25) is 0 Å². The number of epoxide rings is 2. The molecule has 1 aromatic rings. The van der Waals surface area contributed by atoms with E-state index in [-0.39, 0.29) is 47.3 Å². The van der Waals surface area contributed by atoms with Crippen molar-refractivity contribution < 1.29 is 23.7 Å². The Labute approximate surface area is 196 Å². The van der Waals surface area contributed by atoms with Gasteiger partial charge in [-0.2, -0.15) is 5.10 Å². The van der Waals surface area contributed by atoms with E-state index < -0.39 is 0 Å². The smallest absolute Gasteiger partial charge is 0.306 e. The van der Waals surface area contributed by atoms with Crippen molar-refractivity contribution >= 4 is 5.97 Å². The molecule has 33 heavy (non-hydrogen) atoms. The molecule has 8 heteroatoms. The highest BCUT2D eigenvalue weighted by atomic mass is 16.6. The summed E-state index contributed by atoms with van der Waals surface area (Å²) in [5.74, 6) is 1.09. The summed E-state index contributed by atoms with van der Waals surface area (Å²) in [6, 6.07) is 0. The van der Waals surface area contributed by atoms with Gasteiger partial charge in [0.05, 0.1) is 18.6 Å². The number of ether oxygens (including phenoxy) is 4. The molecule has 1 saturated carbocycles. The third-order valence-electron chi connectivity index (χ3n) is 7.81. The van der Waals surface area contributed by atoms with Crippen LogP contribution < -0.4 is 0 Å². The summed E-state index contributed by atoms with van der Waals surface area (Å²) in [5.41, 5.74) is 0.736. The van der Waals surface area contributed by atoms with Crippen molar-refractivity contribution in [3.8, 4) is 0 Å². The number of esters is 1. The number of carbonyl (C=O) groups is 1. The third-order valence-corrected chi connectivity index (χ3v) is 7.81. The summed E-state index contributed by atoms with van der Waals surface area (Å²) < 4.78 is 24.3. The zero-order valence-corrected chi connectivity index (χ0v) is 20.8. The summed E-state index contributed by atoms with van der Waals surface area (Å²) in [6.07, 6.45) is 6.79. The topological polar surface area (TPSA) is 102 Å². The predicted octanol–water partition coefficient (Wildman–Crippen LogP) is 3.63. The molecule has 184 valence electrons. The Balaban J connectivity index is 1.42. The van der Waals surface area contributed by atoms with Gasteiger partial charge in [0.1, 0.15) is 35.6 Å². The first-order chi connectivity index (χ1) is 15.7. The number of methoxy groups -OCH3 is 1. The SMILES string of the molecule is CO[C@@H]1[C@H](OC(=O)C[C@H](Cc2ncn[nH]2)C(C)C)CC[C@]2(CO2)[C@H]1[C@@]1(C)O[C@@H]1CC=C(C)C. The van der Waals surface area contributed by atoms with E-state index in [1.807, 2.05) is 0 Å². The monoisotopic (exact) mass is 461 g/mol. The van der Waals surface area contributed by atoms with Gasteiger partial charge in [0, 0.05) is 20.0 Å². The Morgan fingerprint density at radius 1 is 1.39 bits per heavy atom. The number of nitrogens with zero attached hydrogens (tertiary/aromatic N) is 2. The van der Waals surface area contributed by atoms with Crippen molar-refractivity contribution in [1.29, 1.82) is 0 Å². The van der Waals surface area contributed by atoms with Crippen LogP contribution in [0.3, 0.4) is 0 Å². The van der Waals surface area contributed by atoms with Crippen LogP contribution >= 0.6 is 0 Å². The number of aromatic nitrogens is 3. The number of nitrogens with one attached hydrogen (secondary N) is 1. The molecule has 0 radical (unpaired) electrons. The van der Waals surface area contributed by atoms with Crippen LogP contribution in [0.15, 0.2) is 18.0 Å². The quantitative estimate of drug-likeness (QED) is 0.322. The fourth-order valence-corrected chi connectivity index (χ4v) is 5.62. The summed E-state index contributed by atoms with van der Waals surface area (Å²) in [5, 5.41) is 6.81. The molecule has 8 nitrogen and oxygen atoms in total. The molecule has 4 rings (SSSR count). The summed E-state index contributed by atoms with van der Waals surface area (Å²) >= 11 is 0. The zero-order chi connectivity index (χ0) is 23.8. The van der Waals surface area contributed by atoms with Crippen LogP contribution in [0.4, 0.5) is 0 Å². The predicted molar refractivity (Wildman–Crippen MR) is 122 cm³/mol. The highest BCUT2D eigenvalue weighted by Gasteiger charge is 2.72. The maximum absolute atomic E-state index is 13.0. The molecule has 7 atom stereocenters. The van der Waals surface area contributed by atoms with Gasteiger partial charge < -0.3 is 18.9 Å². The van der Waals surface area contributed by atoms with Crippen LogP contribution in [0.5, 0.6) is 0 Å². The van der Waals surface area contributed by atoms with Gasteiger partial charge in [-0.25, -0.2) is 4.98 Å². The summed E-state index contributed by atoms with van der Waals surface area (Å²) in [6.45, 7) is 11.3. The zero-order valence-electron chi connectivity index (χ0n) is 20.8. The van der Waals surface area contributed by atoms with Gasteiger partial charge in [-0.05, 0) is 51.9 Å². The van der Waals surface area contributed by atoms with Gasteiger partial charge in [0.2, 0.25) is 0 Å². The van der Waals surface area contributed by atoms with Crippen LogP contribution in [-0.4, -0.2) is 64.4 Å². The maximum atomic E-state index is 13.0. The number of hydrogen-bond donors (Lipinski definition) is 1. The fraction of sp³-hybridized carbons (Fsp3) is 0.800. The summed E-state index contributed by atoms with van der Waals surface area (Å²) in [4.78, 5) is 17.2.